The van der Waals surface area contributed by atoms with Gasteiger partial charge in [-0.3, -0.25) is 0 Å². The van der Waals surface area contributed by atoms with E-state index in [1.807, 2.05) is 0 Å². The molecule has 3 heteroatoms. The molecule has 3 N–H and O–H groups in total. The number of hydrogen-bond donors (Lipinski definition) is 3. The molecule has 0 aromatic carbocycles. The Balaban J connectivity index is 1.62. The van der Waals surface area contributed by atoms with Gasteiger partial charge in [-0.25, -0.2) is 0 Å². The first-order valence-electron chi connectivity index (χ1n) is 15.3. The normalized spacial score (nSPS) is 34.4. The molecule has 3 aliphatic rings. The predicted octanol–water partition coefficient (Wildman–Crippen LogP) is 8.05. The monoisotopic (exact) mass is 500 g/mol. The van der Waals surface area contributed by atoms with Crippen LogP contribution in [0.15, 0.2) is 35.5 Å². The lowest BCUT2D eigenvalue weighted by Gasteiger charge is -2.44. The standard InChI is InChI=1S/C33H56O3/c1-6-8-19-33(36,20-9-7-2)21-10-12-24(3)29-16-17-30-26(13-11-18-32(29,30)5)14-15-27-22-28(34)23-31(35)25(27)4/h14-15,24,28-31,34-36H,4,6-13,16-23H2,1-3,5H3/b26-14+,27-15-/t24-,28-,29-,30?,31?,32-/m1/s1. The van der Waals surface area contributed by atoms with E-state index in [9.17, 15) is 15.3 Å². The van der Waals surface area contributed by atoms with Crippen molar-refractivity contribution < 1.29 is 15.3 Å². The molecule has 0 spiro atoms. The van der Waals surface area contributed by atoms with Gasteiger partial charge in [0.15, 0.2) is 0 Å². The summed E-state index contributed by atoms with van der Waals surface area (Å²) >= 11 is 0. The fourth-order valence-corrected chi connectivity index (χ4v) is 8.02. The Morgan fingerprint density at radius 3 is 2.39 bits per heavy atom. The first-order chi connectivity index (χ1) is 17.1. The Morgan fingerprint density at radius 1 is 1.06 bits per heavy atom. The minimum atomic E-state index is -0.617. The van der Waals surface area contributed by atoms with Crippen LogP contribution < -0.4 is 0 Å². The molecule has 0 aromatic heterocycles. The summed E-state index contributed by atoms with van der Waals surface area (Å²) < 4.78 is 0. The molecule has 3 nitrogen and oxygen atoms in total. The smallest absolute Gasteiger partial charge is 0.0811 e. The molecule has 3 fully saturated rings. The second-order valence-corrected chi connectivity index (χ2v) is 13.0. The maximum absolute atomic E-state index is 11.3. The highest BCUT2D eigenvalue weighted by Gasteiger charge is 2.50. The Morgan fingerprint density at radius 2 is 1.72 bits per heavy atom. The molecular formula is C33H56O3. The highest BCUT2D eigenvalue weighted by Crippen LogP contribution is 2.60. The zero-order valence-corrected chi connectivity index (χ0v) is 23.9. The summed E-state index contributed by atoms with van der Waals surface area (Å²) in [6.45, 7) is 13.6. The molecule has 2 unspecified atom stereocenters. The first-order valence-corrected chi connectivity index (χ1v) is 15.3. The molecule has 3 rings (SSSR count). The molecule has 206 valence electrons. The number of fused-ring (bicyclic) bond motifs is 1. The topological polar surface area (TPSA) is 60.7 Å². The number of aliphatic hydroxyl groups is 3. The van der Waals surface area contributed by atoms with Crippen LogP contribution in [-0.2, 0) is 0 Å². The van der Waals surface area contributed by atoms with Crippen molar-refractivity contribution in [3.05, 3.63) is 35.5 Å². The Hall–Kier alpha value is -0.900. The summed E-state index contributed by atoms with van der Waals surface area (Å²) in [5.74, 6) is 2.10. The molecule has 0 amide bonds. The Labute approximate surface area is 222 Å². The van der Waals surface area contributed by atoms with Crippen molar-refractivity contribution >= 4 is 0 Å². The molecule has 0 heterocycles. The van der Waals surface area contributed by atoms with Crippen molar-refractivity contribution in [3.8, 4) is 0 Å². The highest BCUT2D eigenvalue weighted by molar-refractivity contribution is 5.38. The molecule has 3 saturated carbocycles. The van der Waals surface area contributed by atoms with Gasteiger partial charge in [0.25, 0.3) is 0 Å². The van der Waals surface area contributed by atoms with E-state index >= 15 is 0 Å². The molecule has 0 aromatic rings. The van der Waals surface area contributed by atoms with Crippen LogP contribution >= 0.6 is 0 Å². The number of hydrogen-bond acceptors (Lipinski definition) is 3. The SMILES string of the molecule is C=C1/C(=C\C=C2/CCC[C@@]3(C)C2CC[C@@H]3[C@H](C)CCCC(O)(CCCC)CCCC)C[C@@H](O)CC1O. The summed E-state index contributed by atoms with van der Waals surface area (Å²) in [6, 6.07) is 0. The van der Waals surface area contributed by atoms with Crippen LogP contribution in [0.25, 0.3) is 0 Å². The van der Waals surface area contributed by atoms with Crippen molar-refractivity contribution in [2.75, 3.05) is 0 Å². The van der Waals surface area contributed by atoms with Gasteiger partial charge in [-0.1, -0.05) is 90.5 Å². The van der Waals surface area contributed by atoms with E-state index in [-0.39, 0.29) is 0 Å². The summed E-state index contributed by atoms with van der Waals surface area (Å²) in [5, 5.41) is 31.6. The minimum absolute atomic E-state index is 0.366. The van der Waals surface area contributed by atoms with E-state index in [0.717, 1.165) is 68.4 Å². The van der Waals surface area contributed by atoms with E-state index in [4.69, 9.17) is 0 Å². The van der Waals surface area contributed by atoms with Crippen molar-refractivity contribution in [1.82, 2.24) is 0 Å². The maximum Gasteiger partial charge on any atom is 0.0811 e. The third-order valence-corrected chi connectivity index (χ3v) is 10.3. The average Bonchev–Trinajstić information content (AvgIpc) is 3.20. The minimum Gasteiger partial charge on any atom is -0.393 e. The Bertz CT molecular complexity index is 772. The van der Waals surface area contributed by atoms with Gasteiger partial charge in [-0.05, 0) is 92.1 Å². The molecule has 0 saturated heterocycles. The Kier molecular flexibility index (Phi) is 10.9. The van der Waals surface area contributed by atoms with Crippen LogP contribution in [0.5, 0.6) is 0 Å². The fraction of sp³-hybridized carbons (Fsp3) is 0.818. The van der Waals surface area contributed by atoms with Crippen molar-refractivity contribution in [3.63, 3.8) is 0 Å². The van der Waals surface area contributed by atoms with Crippen LogP contribution in [0, 0.1) is 23.2 Å². The molecule has 0 radical (unpaired) electrons. The van der Waals surface area contributed by atoms with Crippen LogP contribution in [-0.4, -0.2) is 33.1 Å². The average molecular weight is 501 g/mol. The number of allylic oxidation sites excluding steroid dienone is 3. The quantitative estimate of drug-likeness (QED) is 0.254. The van der Waals surface area contributed by atoms with Crippen LogP contribution in [0.1, 0.15) is 130 Å². The van der Waals surface area contributed by atoms with E-state index in [2.05, 4.69) is 46.4 Å². The van der Waals surface area contributed by atoms with Crippen molar-refractivity contribution in [1.29, 1.82) is 0 Å². The second kappa shape index (κ2) is 13.3. The fourth-order valence-electron chi connectivity index (χ4n) is 8.02. The van der Waals surface area contributed by atoms with Crippen LogP contribution in [0.3, 0.4) is 0 Å². The van der Waals surface area contributed by atoms with Crippen molar-refractivity contribution in [2.24, 2.45) is 23.2 Å². The summed E-state index contributed by atoms with van der Waals surface area (Å²) in [5.41, 5.74) is 3.29. The van der Waals surface area contributed by atoms with Gasteiger partial charge < -0.3 is 15.3 Å². The zero-order valence-electron chi connectivity index (χ0n) is 23.9. The van der Waals surface area contributed by atoms with Gasteiger partial charge in [0.1, 0.15) is 0 Å². The van der Waals surface area contributed by atoms with Gasteiger partial charge in [-0.15, -0.1) is 0 Å². The van der Waals surface area contributed by atoms with Gasteiger partial charge in [0, 0.05) is 6.42 Å². The van der Waals surface area contributed by atoms with Crippen LogP contribution in [0.4, 0.5) is 0 Å². The third kappa shape index (κ3) is 7.14. The lowest BCUT2D eigenvalue weighted by atomic mass is 9.60. The van der Waals surface area contributed by atoms with E-state index in [0.29, 0.717) is 30.1 Å². The maximum atomic E-state index is 11.3. The molecule has 0 aliphatic heterocycles. The molecular weight excluding hydrogens is 444 g/mol. The molecule has 36 heavy (non-hydrogen) atoms. The predicted molar refractivity (Wildman–Crippen MR) is 152 cm³/mol. The number of aliphatic hydroxyl groups excluding tert-OH is 2. The zero-order chi connectivity index (χ0) is 26.3. The molecule has 3 aliphatic carbocycles. The largest absolute Gasteiger partial charge is 0.393 e. The van der Waals surface area contributed by atoms with Crippen LogP contribution in [0.2, 0.25) is 0 Å². The second-order valence-electron chi connectivity index (χ2n) is 13.0. The highest BCUT2D eigenvalue weighted by atomic mass is 16.3. The van der Waals surface area contributed by atoms with Crippen molar-refractivity contribution in [2.45, 2.75) is 148 Å². The summed E-state index contributed by atoms with van der Waals surface area (Å²) in [4.78, 5) is 0. The first kappa shape index (κ1) is 29.7. The number of unbranched alkanes of at least 4 members (excludes halogenated alkanes) is 2. The molecule has 6 atom stereocenters. The lowest BCUT2D eigenvalue weighted by Crippen LogP contribution is -2.36. The van der Waals surface area contributed by atoms with E-state index in [1.54, 1.807) is 5.57 Å². The van der Waals surface area contributed by atoms with Gasteiger partial charge in [0.2, 0.25) is 0 Å². The van der Waals surface area contributed by atoms with E-state index < -0.39 is 17.8 Å². The number of rotatable bonds is 12. The van der Waals surface area contributed by atoms with Gasteiger partial charge >= 0.3 is 0 Å². The third-order valence-electron chi connectivity index (χ3n) is 10.3. The molecule has 0 bridgehead atoms. The van der Waals surface area contributed by atoms with E-state index in [1.165, 1.54) is 38.5 Å². The van der Waals surface area contributed by atoms with Gasteiger partial charge in [0.05, 0.1) is 17.8 Å². The lowest BCUT2D eigenvalue weighted by molar-refractivity contribution is 0.00520. The summed E-state index contributed by atoms with van der Waals surface area (Å²) in [7, 11) is 0. The summed E-state index contributed by atoms with van der Waals surface area (Å²) in [6.07, 6.45) is 20.6. The van der Waals surface area contributed by atoms with Gasteiger partial charge in [-0.2, -0.15) is 0 Å².